The van der Waals surface area contributed by atoms with Gasteiger partial charge in [0.15, 0.2) is 0 Å². The molecule has 2 N–H and O–H groups in total. The minimum atomic E-state index is -0.236. The molecule has 1 amide bonds. The van der Waals surface area contributed by atoms with Gasteiger partial charge in [0, 0.05) is 18.2 Å². The number of nitrogens with zero attached hydrogens (tertiary/aromatic N) is 3. The number of rotatable bonds is 6. The van der Waals surface area contributed by atoms with Crippen molar-refractivity contribution in [3.05, 3.63) is 54.4 Å². The van der Waals surface area contributed by atoms with Gasteiger partial charge >= 0.3 is 0 Å². The lowest BCUT2D eigenvalue weighted by molar-refractivity contribution is -0.119. The molecule has 2 heterocycles. The Morgan fingerprint density at radius 1 is 1.18 bits per heavy atom. The van der Waals surface area contributed by atoms with Crippen molar-refractivity contribution in [2.24, 2.45) is 5.73 Å². The van der Waals surface area contributed by atoms with Gasteiger partial charge in [-0.2, -0.15) is 0 Å². The highest BCUT2D eigenvalue weighted by Crippen LogP contribution is 2.27. The molecule has 0 spiro atoms. The molecule has 0 aliphatic carbocycles. The van der Waals surface area contributed by atoms with Gasteiger partial charge in [0.05, 0.1) is 24.7 Å². The molecule has 2 aromatic carbocycles. The number of imidazole rings is 1. The van der Waals surface area contributed by atoms with Crippen LogP contribution in [-0.2, 0) is 11.3 Å². The number of benzene rings is 2. The number of methoxy groups -OCH3 is 1. The molecule has 0 bridgehead atoms. The number of aromatic nitrogens is 2. The van der Waals surface area contributed by atoms with E-state index in [0.717, 1.165) is 54.1 Å². The van der Waals surface area contributed by atoms with Gasteiger partial charge in [-0.15, -0.1) is 0 Å². The Bertz CT molecular complexity index is 964. The SMILES string of the molecule is COc1ccc(-n2c(CN3CCCCC3CC(N)=O)nc3ccccc32)cc1. The number of carbonyl (C=O) groups excluding carboxylic acids is 1. The third kappa shape index (κ3) is 3.73. The van der Waals surface area contributed by atoms with E-state index < -0.39 is 0 Å². The average molecular weight is 378 g/mol. The highest BCUT2D eigenvalue weighted by atomic mass is 16.5. The molecule has 1 aromatic heterocycles. The molecule has 3 aromatic rings. The number of primary amides is 1. The molecule has 0 radical (unpaired) electrons. The number of nitrogens with two attached hydrogens (primary N) is 1. The van der Waals surface area contributed by atoms with Gasteiger partial charge in [-0.25, -0.2) is 4.98 Å². The summed E-state index contributed by atoms with van der Waals surface area (Å²) in [5, 5.41) is 0. The summed E-state index contributed by atoms with van der Waals surface area (Å²) >= 11 is 0. The lowest BCUT2D eigenvalue weighted by Gasteiger charge is -2.34. The van der Waals surface area contributed by atoms with E-state index in [2.05, 4.69) is 15.5 Å². The molecule has 1 fully saturated rings. The highest BCUT2D eigenvalue weighted by Gasteiger charge is 2.26. The summed E-state index contributed by atoms with van der Waals surface area (Å²) in [5.41, 5.74) is 8.58. The van der Waals surface area contributed by atoms with E-state index in [9.17, 15) is 4.79 Å². The first kappa shape index (κ1) is 18.5. The van der Waals surface area contributed by atoms with E-state index in [-0.39, 0.29) is 11.9 Å². The molecular weight excluding hydrogens is 352 g/mol. The number of likely N-dealkylation sites (tertiary alicyclic amines) is 1. The van der Waals surface area contributed by atoms with E-state index in [4.69, 9.17) is 15.5 Å². The second-order valence-corrected chi connectivity index (χ2v) is 7.34. The van der Waals surface area contributed by atoms with E-state index in [1.165, 1.54) is 0 Å². The van der Waals surface area contributed by atoms with Crippen LogP contribution in [-0.4, -0.2) is 40.1 Å². The topological polar surface area (TPSA) is 73.4 Å². The van der Waals surface area contributed by atoms with Crippen molar-refractivity contribution in [1.82, 2.24) is 14.5 Å². The van der Waals surface area contributed by atoms with E-state index >= 15 is 0 Å². The molecule has 146 valence electrons. The van der Waals surface area contributed by atoms with Gasteiger partial charge in [-0.3, -0.25) is 14.3 Å². The summed E-state index contributed by atoms with van der Waals surface area (Å²) in [4.78, 5) is 18.8. The van der Waals surface area contributed by atoms with Crippen LogP contribution >= 0.6 is 0 Å². The Morgan fingerprint density at radius 3 is 2.71 bits per heavy atom. The third-order valence-electron chi connectivity index (χ3n) is 5.49. The van der Waals surface area contributed by atoms with Gasteiger partial charge in [0.25, 0.3) is 0 Å². The summed E-state index contributed by atoms with van der Waals surface area (Å²) in [6.45, 7) is 1.66. The van der Waals surface area contributed by atoms with Crippen molar-refractivity contribution >= 4 is 16.9 Å². The molecule has 6 nitrogen and oxygen atoms in total. The van der Waals surface area contributed by atoms with Crippen LogP contribution in [0.25, 0.3) is 16.7 Å². The van der Waals surface area contributed by atoms with Crippen molar-refractivity contribution in [3.8, 4) is 11.4 Å². The Hall–Kier alpha value is -2.86. The lowest BCUT2D eigenvalue weighted by Crippen LogP contribution is -2.41. The summed E-state index contributed by atoms with van der Waals surface area (Å²) in [7, 11) is 1.67. The molecule has 28 heavy (non-hydrogen) atoms. The largest absolute Gasteiger partial charge is 0.497 e. The van der Waals surface area contributed by atoms with Crippen LogP contribution in [0.4, 0.5) is 0 Å². The van der Waals surface area contributed by atoms with Crippen molar-refractivity contribution in [3.63, 3.8) is 0 Å². The molecular formula is C22H26N4O2. The number of fused-ring (bicyclic) bond motifs is 1. The zero-order valence-corrected chi connectivity index (χ0v) is 16.2. The monoisotopic (exact) mass is 378 g/mol. The maximum Gasteiger partial charge on any atom is 0.218 e. The normalized spacial score (nSPS) is 17.7. The molecule has 0 saturated carbocycles. The Labute approximate surface area is 164 Å². The van der Waals surface area contributed by atoms with Crippen molar-refractivity contribution in [1.29, 1.82) is 0 Å². The Morgan fingerprint density at radius 2 is 1.96 bits per heavy atom. The summed E-state index contributed by atoms with van der Waals surface area (Å²) < 4.78 is 7.50. The number of hydrogen-bond donors (Lipinski definition) is 1. The predicted molar refractivity (Wildman–Crippen MR) is 109 cm³/mol. The van der Waals surface area contributed by atoms with Gasteiger partial charge in [0.1, 0.15) is 11.6 Å². The first-order valence-electron chi connectivity index (χ1n) is 9.79. The zero-order valence-electron chi connectivity index (χ0n) is 16.2. The van der Waals surface area contributed by atoms with Crippen LogP contribution in [0.3, 0.4) is 0 Å². The van der Waals surface area contributed by atoms with Crippen LogP contribution in [0, 0.1) is 0 Å². The molecule has 1 aliphatic heterocycles. The molecule has 4 rings (SSSR count). The fourth-order valence-electron chi connectivity index (χ4n) is 4.11. The van der Waals surface area contributed by atoms with E-state index in [0.29, 0.717) is 13.0 Å². The molecule has 1 atom stereocenters. The summed E-state index contributed by atoms with van der Waals surface area (Å²) in [6, 6.07) is 16.4. The summed E-state index contributed by atoms with van der Waals surface area (Å²) in [6.07, 6.45) is 3.69. The quantitative estimate of drug-likeness (QED) is 0.714. The second-order valence-electron chi connectivity index (χ2n) is 7.34. The Balaban J connectivity index is 1.72. The van der Waals surface area contributed by atoms with E-state index in [1.54, 1.807) is 7.11 Å². The Kier molecular flexibility index (Phi) is 5.30. The number of carbonyl (C=O) groups is 1. The van der Waals surface area contributed by atoms with Gasteiger partial charge in [-0.05, 0) is 55.8 Å². The standard InChI is InChI=1S/C22H26N4O2/c1-28-18-11-9-16(10-12-18)26-20-8-3-2-7-19(20)24-22(26)15-25-13-5-4-6-17(25)14-21(23)27/h2-3,7-12,17H,4-6,13-15H2,1H3,(H2,23,27). The molecule has 1 saturated heterocycles. The first-order valence-corrected chi connectivity index (χ1v) is 9.79. The predicted octanol–water partition coefficient (Wildman–Crippen LogP) is 3.26. The van der Waals surface area contributed by atoms with Crippen LogP contribution in [0.1, 0.15) is 31.5 Å². The fraction of sp³-hybridized carbons (Fsp3) is 0.364. The van der Waals surface area contributed by atoms with E-state index in [1.807, 2.05) is 42.5 Å². The smallest absolute Gasteiger partial charge is 0.218 e. The zero-order chi connectivity index (χ0) is 19.5. The van der Waals surface area contributed by atoms with Crippen molar-refractivity contribution in [2.75, 3.05) is 13.7 Å². The average Bonchev–Trinajstić information content (AvgIpc) is 3.07. The molecule has 1 unspecified atom stereocenters. The maximum atomic E-state index is 11.5. The van der Waals surface area contributed by atoms with Crippen LogP contribution in [0.2, 0.25) is 0 Å². The fourth-order valence-corrected chi connectivity index (χ4v) is 4.11. The van der Waals surface area contributed by atoms with Crippen LogP contribution in [0.5, 0.6) is 5.75 Å². The van der Waals surface area contributed by atoms with Gasteiger partial charge in [0.2, 0.25) is 5.91 Å². The van der Waals surface area contributed by atoms with Crippen LogP contribution < -0.4 is 10.5 Å². The van der Waals surface area contributed by atoms with Gasteiger partial charge < -0.3 is 10.5 Å². The maximum absolute atomic E-state index is 11.5. The minimum absolute atomic E-state index is 0.190. The number of ether oxygens (including phenoxy) is 1. The number of hydrogen-bond acceptors (Lipinski definition) is 4. The number of piperidine rings is 1. The van der Waals surface area contributed by atoms with Gasteiger partial charge in [-0.1, -0.05) is 18.6 Å². The van der Waals surface area contributed by atoms with Crippen molar-refractivity contribution in [2.45, 2.75) is 38.3 Å². The number of para-hydroxylation sites is 2. The summed E-state index contributed by atoms with van der Waals surface area (Å²) in [5.74, 6) is 1.57. The lowest BCUT2D eigenvalue weighted by atomic mass is 9.99. The van der Waals surface area contributed by atoms with Crippen molar-refractivity contribution < 1.29 is 9.53 Å². The van der Waals surface area contributed by atoms with Crippen LogP contribution in [0.15, 0.2) is 48.5 Å². The molecule has 1 aliphatic rings. The first-order chi connectivity index (χ1) is 13.7. The minimum Gasteiger partial charge on any atom is -0.497 e. The number of amides is 1. The highest BCUT2D eigenvalue weighted by molar-refractivity contribution is 5.78. The third-order valence-corrected chi connectivity index (χ3v) is 5.49. The molecule has 6 heteroatoms. The second kappa shape index (κ2) is 8.02.